The van der Waals surface area contributed by atoms with Crippen molar-refractivity contribution in [3.8, 4) is 0 Å². The van der Waals surface area contributed by atoms with Crippen LogP contribution in [0.4, 0.5) is 0 Å². The molecule has 1 aliphatic rings. The number of hydrogen-bond acceptors (Lipinski definition) is 4. The number of hydrogen-bond donors (Lipinski definition) is 0. The van der Waals surface area contributed by atoms with E-state index in [1.165, 1.54) is 0 Å². The van der Waals surface area contributed by atoms with Crippen molar-refractivity contribution >= 4 is 5.78 Å². The Balaban J connectivity index is 2.28. The van der Waals surface area contributed by atoms with E-state index >= 15 is 0 Å². The zero-order chi connectivity index (χ0) is 9.42. The number of ketones is 1. The largest absolute Gasteiger partial charge is 0.292 e. The van der Waals surface area contributed by atoms with Crippen molar-refractivity contribution in [2.75, 3.05) is 0 Å². The van der Waals surface area contributed by atoms with Crippen LogP contribution in [0.25, 0.3) is 0 Å². The zero-order valence-corrected chi connectivity index (χ0v) is 7.78. The van der Waals surface area contributed by atoms with Crippen molar-refractivity contribution in [3.05, 3.63) is 11.4 Å². The van der Waals surface area contributed by atoms with E-state index in [0.717, 1.165) is 18.5 Å². The van der Waals surface area contributed by atoms with E-state index in [4.69, 9.17) is 0 Å². The number of Topliss-reactive ketones (excluding diaryl/α,β-unsaturated/α-hetero) is 1. The predicted molar refractivity (Wildman–Crippen MR) is 45.4 cm³/mol. The van der Waals surface area contributed by atoms with Crippen molar-refractivity contribution in [3.63, 3.8) is 0 Å². The Labute approximate surface area is 76.3 Å². The minimum absolute atomic E-state index is 0.0307. The number of carbonyl (C=O) groups is 1. The van der Waals surface area contributed by atoms with Crippen LogP contribution in [0.3, 0.4) is 0 Å². The van der Waals surface area contributed by atoms with Crippen molar-refractivity contribution in [1.29, 1.82) is 0 Å². The van der Waals surface area contributed by atoms with Gasteiger partial charge < -0.3 is 0 Å². The molecule has 1 aromatic heterocycles. The van der Waals surface area contributed by atoms with E-state index < -0.39 is 0 Å². The third-order valence-corrected chi connectivity index (χ3v) is 2.24. The number of rotatable bonds is 3. The number of carbonyl (C=O) groups excluding carboxylic acids is 1. The molecular formula is C9H12N2O2. The molecule has 4 nitrogen and oxygen atoms in total. The van der Waals surface area contributed by atoms with Crippen LogP contribution in [0.1, 0.15) is 48.8 Å². The van der Waals surface area contributed by atoms with Crippen LogP contribution in [0.5, 0.6) is 0 Å². The van der Waals surface area contributed by atoms with E-state index in [0.29, 0.717) is 11.6 Å². The highest BCUT2D eigenvalue weighted by Crippen LogP contribution is 2.40. The first-order valence-corrected chi connectivity index (χ1v) is 4.57. The topological polar surface area (TPSA) is 56.0 Å². The predicted octanol–water partition coefficient (Wildman–Crippen LogP) is 1.79. The molecule has 0 radical (unpaired) electrons. The Morgan fingerprint density at radius 1 is 1.46 bits per heavy atom. The summed E-state index contributed by atoms with van der Waals surface area (Å²) in [5, 5.41) is 7.44. The Morgan fingerprint density at radius 2 is 2.15 bits per heavy atom. The second kappa shape index (κ2) is 2.94. The van der Waals surface area contributed by atoms with Gasteiger partial charge in [-0.2, -0.15) is 0 Å². The molecule has 4 heteroatoms. The lowest BCUT2D eigenvalue weighted by molar-refractivity contribution is 0.0928. The second-order valence-corrected chi connectivity index (χ2v) is 3.79. The van der Waals surface area contributed by atoms with E-state index in [1.54, 1.807) is 0 Å². The fourth-order valence-electron chi connectivity index (χ4n) is 1.26. The third-order valence-electron chi connectivity index (χ3n) is 2.24. The first kappa shape index (κ1) is 8.41. The van der Waals surface area contributed by atoms with E-state index in [-0.39, 0.29) is 11.7 Å². The number of nitrogens with zero attached hydrogens (tertiary/aromatic N) is 2. The van der Waals surface area contributed by atoms with E-state index in [9.17, 15) is 4.79 Å². The maximum Gasteiger partial charge on any atom is 0.189 e. The molecule has 1 saturated carbocycles. The van der Waals surface area contributed by atoms with Gasteiger partial charge in [-0.05, 0) is 18.0 Å². The Kier molecular flexibility index (Phi) is 1.90. The van der Waals surface area contributed by atoms with Gasteiger partial charge in [0.15, 0.2) is 11.5 Å². The second-order valence-electron chi connectivity index (χ2n) is 3.79. The summed E-state index contributed by atoms with van der Waals surface area (Å²) in [5.41, 5.74) is 1.20. The van der Waals surface area contributed by atoms with Crippen molar-refractivity contribution in [1.82, 2.24) is 10.3 Å². The van der Waals surface area contributed by atoms with Gasteiger partial charge in [-0.25, -0.2) is 4.63 Å². The van der Waals surface area contributed by atoms with Crippen LogP contribution in [0.15, 0.2) is 4.63 Å². The molecule has 13 heavy (non-hydrogen) atoms. The fourth-order valence-corrected chi connectivity index (χ4v) is 1.26. The molecule has 0 saturated heterocycles. The van der Waals surface area contributed by atoms with Crippen molar-refractivity contribution < 1.29 is 9.42 Å². The van der Waals surface area contributed by atoms with Gasteiger partial charge in [0.25, 0.3) is 0 Å². The van der Waals surface area contributed by atoms with Crippen LogP contribution in [-0.4, -0.2) is 16.1 Å². The normalized spacial score (nSPS) is 16.5. The molecule has 0 amide bonds. The standard InChI is InChI=1S/C9H12N2O2/c1-5(2)9(12)8-7(6-3-4-6)10-13-11-8/h5-6H,3-4H2,1-2H3. The quantitative estimate of drug-likeness (QED) is 0.665. The summed E-state index contributed by atoms with van der Waals surface area (Å²) in [4.78, 5) is 11.6. The highest BCUT2D eigenvalue weighted by molar-refractivity contribution is 5.96. The maximum atomic E-state index is 11.6. The van der Waals surface area contributed by atoms with Gasteiger partial charge >= 0.3 is 0 Å². The molecule has 0 aromatic carbocycles. The molecule has 0 bridgehead atoms. The van der Waals surface area contributed by atoms with Gasteiger partial charge in [0.2, 0.25) is 0 Å². The van der Waals surface area contributed by atoms with Gasteiger partial charge in [0, 0.05) is 11.8 Å². The summed E-state index contributed by atoms with van der Waals surface area (Å²) in [6.45, 7) is 3.71. The minimum atomic E-state index is -0.0376. The van der Waals surface area contributed by atoms with Crippen LogP contribution in [-0.2, 0) is 0 Å². The van der Waals surface area contributed by atoms with Gasteiger partial charge in [0.1, 0.15) is 5.69 Å². The summed E-state index contributed by atoms with van der Waals surface area (Å²) in [5.74, 6) is 0.413. The Bertz CT molecular complexity index is 326. The summed E-state index contributed by atoms with van der Waals surface area (Å²) in [7, 11) is 0. The molecule has 0 aliphatic heterocycles. The SMILES string of the molecule is CC(C)C(=O)c1nonc1C1CC1. The molecule has 0 spiro atoms. The fraction of sp³-hybridized carbons (Fsp3) is 0.667. The first-order valence-electron chi connectivity index (χ1n) is 4.57. The highest BCUT2D eigenvalue weighted by atomic mass is 16.6. The molecule has 1 aliphatic carbocycles. The molecule has 1 aromatic rings. The van der Waals surface area contributed by atoms with Crippen molar-refractivity contribution in [2.45, 2.75) is 32.6 Å². The Morgan fingerprint density at radius 3 is 2.69 bits per heavy atom. The minimum Gasteiger partial charge on any atom is -0.292 e. The zero-order valence-electron chi connectivity index (χ0n) is 7.78. The van der Waals surface area contributed by atoms with Gasteiger partial charge in [-0.1, -0.05) is 19.0 Å². The summed E-state index contributed by atoms with van der Waals surface area (Å²) in [6.07, 6.45) is 2.21. The lowest BCUT2D eigenvalue weighted by atomic mass is 10.0. The Hall–Kier alpha value is -1.19. The van der Waals surface area contributed by atoms with Crippen LogP contribution in [0.2, 0.25) is 0 Å². The molecule has 0 atom stereocenters. The van der Waals surface area contributed by atoms with E-state index in [2.05, 4.69) is 14.9 Å². The summed E-state index contributed by atoms with van der Waals surface area (Å²) < 4.78 is 4.60. The average molecular weight is 180 g/mol. The highest BCUT2D eigenvalue weighted by Gasteiger charge is 2.33. The van der Waals surface area contributed by atoms with Crippen LogP contribution >= 0.6 is 0 Å². The van der Waals surface area contributed by atoms with E-state index in [1.807, 2.05) is 13.8 Å². The van der Waals surface area contributed by atoms with Gasteiger partial charge in [-0.3, -0.25) is 4.79 Å². The van der Waals surface area contributed by atoms with Crippen LogP contribution in [0, 0.1) is 5.92 Å². The lowest BCUT2D eigenvalue weighted by Gasteiger charge is -1.99. The molecule has 1 heterocycles. The van der Waals surface area contributed by atoms with Crippen molar-refractivity contribution in [2.24, 2.45) is 5.92 Å². The molecule has 0 unspecified atom stereocenters. The molecule has 70 valence electrons. The summed E-state index contributed by atoms with van der Waals surface area (Å²) >= 11 is 0. The van der Waals surface area contributed by atoms with Gasteiger partial charge in [0.05, 0.1) is 0 Å². The number of aromatic nitrogens is 2. The third kappa shape index (κ3) is 1.48. The molecule has 2 rings (SSSR count). The smallest absolute Gasteiger partial charge is 0.189 e. The first-order chi connectivity index (χ1) is 6.20. The molecule has 1 fully saturated rings. The van der Waals surface area contributed by atoms with Gasteiger partial charge in [-0.15, -0.1) is 0 Å². The lowest BCUT2D eigenvalue weighted by Crippen LogP contribution is -2.10. The monoisotopic (exact) mass is 180 g/mol. The summed E-state index contributed by atoms with van der Waals surface area (Å²) in [6, 6.07) is 0. The average Bonchev–Trinajstić information content (AvgIpc) is 2.83. The molecule has 0 N–H and O–H groups in total. The van der Waals surface area contributed by atoms with Crippen LogP contribution < -0.4 is 0 Å². The maximum absolute atomic E-state index is 11.6. The molecular weight excluding hydrogens is 168 g/mol.